The number of hydrogen-bond acceptors (Lipinski definition) is 9. The molecule has 3 heterocycles. The van der Waals surface area contributed by atoms with E-state index in [4.69, 9.17) is 38.3 Å². The molecule has 35 heavy (non-hydrogen) atoms. The van der Waals surface area contributed by atoms with E-state index in [9.17, 15) is 4.79 Å². The van der Waals surface area contributed by atoms with Crippen molar-refractivity contribution in [1.29, 1.82) is 0 Å². The fourth-order valence-electron chi connectivity index (χ4n) is 4.46. The molecule has 194 valence electrons. The summed E-state index contributed by atoms with van der Waals surface area (Å²) in [5.41, 5.74) is 0.991. The second kappa shape index (κ2) is 13.1. The van der Waals surface area contributed by atoms with Gasteiger partial charge in [-0.1, -0.05) is 6.07 Å². The van der Waals surface area contributed by atoms with Crippen molar-refractivity contribution >= 4 is 5.91 Å². The first kappa shape index (κ1) is 25.7. The summed E-state index contributed by atoms with van der Waals surface area (Å²) in [4.78, 5) is 15.0. The molecule has 0 aliphatic carbocycles. The first-order chi connectivity index (χ1) is 17.2. The summed E-state index contributed by atoms with van der Waals surface area (Å²) in [7, 11) is 0. The maximum absolute atomic E-state index is 13.3. The summed E-state index contributed by atoms with van der Waals surface area (Å²) in [6, 6.07) is 5.86. The van der Waals surface area contributed by atoms with Crippen molar-refractivity contribution in [1.82, 2.24) is 4.90 Å². The molecule has 3 aliphatic heterocycles. The third kappa shape index (κ3) is 6.65. The Hall–Kier alpha value is -2.37. The van der Waals surface area contributed by atoms with Gasteiger partial charge in [0.05, 0.1) is 39.6 Å². The third-order valence-corrected chi connectivity index (χ3v) is 6.21. The molecule has 1 aromatic carbocycles. The number of aliphatic hydroxyl groups excluding tert-OH is 1. The number of benzene rings is 1. The largest absolute Gasteiger partial charge is 0.459 e. The molecule has 3 atom stereocenters. The minimum Gasteiger partial charge on any atom is -0.459 e. The molecule has 1 N–H and O–H groups in total. The second-order valence-electron chi connectivity index (χ2n) is 8.42. The van der Waals surface area contributed by atoms with Crippen LogP contribution in [0.3, 0.4) is 0 Å². The predicted octanol–water partition coefficient (Wildman–Crippen LogP) is 1.67. The Morgan fingerprint density at radius 3 is 2.63 bits per heavy atom. The number of aliphatic hydroxyl groups is 1. The standard InChI is InChI=1S/C25H35NO9/c1-2-32-25-19(5-9-29-13-14-31-12-8-27)20(18-3-4-21-22(15-18)34-17-33-21)16-23(35-25)24(28)26-6-10-30-11-7-26/h3-4,15-16,19-20,25,27H,2,5-14,17H2,1H3/t19-,20-,25-/m0/s1. The molecule has 1 aromatic rings. The summed E-state index contributed by atoms with van der Waals surface area (Å²) < 4.78 is 39.6. The smallest absolute Gasteiger partial charge is 0.288 e. The number of hydrogen-bond donors (Lipinski definition) is 1. The van der Waals surface area contributed by atoms with Gasteiger partial charge in [0.15, 0.2) is 17.3 Å². The zero-order chi connectivity index (χ0) is 24.5. The average Bonchev–Trinajstić information content (AvgIpc) is 3.37. The molecule has 0 spiro atoms. The van der Waals surface area contributed by atoms with E-state index in [1.54, 1.807) is 4.90 Å². The van der Waals surface area contributed by atoms with Gasteiger partial charge in [0.1, 0.15) is 0 Å². The molecule has 10 nitrogen and oxygen atoms in total. The summed E-state index contributed by atoms with van der Waals surface area (Å²) in [5, 5.41) is 8.81. The second-order valence-corrected chi connectivity index (χ2v) is 8.42. The highest BCUT2D eigenvalue weighted by Gasteiger charge is 2.39. The van der Waals surface area contributed by atoms with E-state index in [1.165, 1.54) is 0 Å². The Morgan fingerprint density at radius 2 is 1.86 bits per heavy atom. The Bertz CT molecular complexity index is 855. The Kier molecular flexibility index (Phi) is 9.61. The molecule has 4 rings (SSSR count). The van der Waals surface area contributed by atoms with Crippen LogP contribution >= 0.6 is 0 Å². The van der Waals surface area contributed by atoms with Crippen molar-refractivity contribution in [3.63, 3.8) is 0 Å². The van der Waals surface area contributed by atoms with Crippen LogP contribution in [0.1, 0.15) is 24.8 Å². The molecular weight excluding hydrogens is 458 g/mol. The average molecular weight is 494 g/mol. The Labute approximate surface area is 205 Å². The lowest BCUT2D eigenvalue weighted by molar-refractivity contribution is -0.173. The van der Waals surface area contributed by atoms with Crippen LogP contribution in [-0.2, 0) is 28.5 Å². The van der Waals surface area contributed by atoms with E-state index in [0.29, 0.717) is 83.0 Å². The van der Waals surface area contributed by atoms with Gasteiger partial charge >= 0.3 is 0 Å². The molecule has 0 bridgehead atoms. The number of morpholine rings is 1. The van der Waals surface area contributed by atoms with Crippen LogP contribution in [0.5, 0.6) is 11.5 Å². The maximum Gasteiger partial charge on any atom is 0.288 e. The van der Waals surface area contributed by atoms with Crippen LogP contribution in [0.15, 0.2) is 30.0 Å². The van der Waals surface area contributed by atoms with Gasteiger partial charge in [0, 0.05) is 38.1 Å². The molecule has 1 amide bonds. The number of amides is 1. The third-order valence-electron chi connectivity index (χ3n) is 6.21. The van der Waals surface area contributed by atoms with Crippen LogP contribution < -0.4 is 9.47 Å². The summed E-state index contributed by atoms with van der Waals surface area (Å²) in [5.74, 6) is 1.30. The molecule has 0 saturated carbocycles. The Morgan fingerprint density at radius 1 is 1.09 bits per heavy atom. The highest BCUT2D eigenvalue weighted by atomic mass is 16.7. The predicted molar refractivity (Wildman–Crippen MR) is 124 cm³/mol. The highest BCUT2D eigenvalue weighted by Crippen LogP contribution is 2.42. The first-order valence-corrected chi connectivity index (χ1v) is 12.2. The number of carbonyl (C=O) groups excluding carboxylic acids is 1. The van der Waals surface area contributed by atoms with E-state index >= 15 is 0 Å². The monoisotopic (exact) mass is 493 g/mol. The summed E-state index contributed by atoms with van der Waals surface area (Å²) in [6.45, 7) is 6.25. The van der Waals surface area contributed by atoms with Gasteiger partial charge in [-0.2, -0.15) is 0 Å². The number of rotatable bonds is 12. The van der Waals surface area contributed by atoms with Crippen LogP contribution in [-0.4, -0.2) is 94.9 Å². The van der Waals surface area contributed by atoms with Crippen molar-refractivity contribution < 1.29 is 43.1 Å². The van der Waals surface area contributed by atoms with Gasteiger partial charge in [-0.15, -0.1) is 0 Å². The van der Waals surface area contributed by atoms with Gasteiger partial charge in [-0.25, -0.2) is 0 Å². The minimum absolute atomic E-state index is 0.00942. The van der Waals surface area contributed by atoms with Gasteiger partial charge in [-0.05, 0) is 37.1 Å². The SMILES string of the molecule is CCO[C@H]1OC(C(=O)N2CCOCC2)=C[C@@H](c2ccc3c(c2)OCO3)[C@@H]1CCOCCOCCO. The van der Waals surface area contributed by atoms with E-state index < -0.39 is 6.29 Å². The molecule has 0 aromatic heterocycles. The first-order valence-electron chi connectivity index (χ1n) is 12.2. The van der Waals surface area contributed by atoms with Crippen molar-refractivity contribution in [2.75, 3.05) is 72.7 Å². The maximum atomic E-state index is 13.3. The topological polar surface area (TPSA) is 105 Å². The van der Waals surface area contributed by atoms with E-state index in [2.05, 4.69) is 0 Å². The van der Waals surface area contributed by atoms with Crippen LogP contribution in [0, 0.1) is 5.92 Å². The van der Waals surface area contributed by atoms with E-state index in [1.807, 2.05) is 31.2 Å². The van der Waals surface area contributed by atoms with Gasteiger partial charge < -0.3 is 43.2 Å². The molecule has 3 aliphatic rings. The lowest BCUT2D eigenvalue weighted by Crippen LogP contribution is -2.44. The lowest BCUT2D eigenvalue weighted by Gasteiger charge is -2.38. The zero-order valence-electron chi connectivity index (χ0n) is 20.2. The van der Waals surface area contributed by atoms with Crippen molar-refractivity contribution in [2.45, 2.75) is 25.6 Å². The van der Waals surface area contributed by atoms with Gasteiger partial charge in [-0.3, -0.25) is 4.79 Å². The Balaban J connectivity index is 1.54. The van der Waals surface area contributed by atoms with E-state index in [0.717, 1.165) is 5.56 Å². The van der Waals surface area contributed by atoms with Gasteiger partial charge in [0.25, 0.3) is 5.91 Å². The molecule has 0 unspecified atom stereocenters. The summed E-state index contributed by atoms with van der Waals surface area (Å²) >= 11 is 0. The van der Waals surface area contributed by atoms with Crippen LogP contribution in [0.4, 0.5) is 0 Å². The van der Waals surface area contributed by atoms with Crippen LogP contribution in [0.25, 0.3) is 0 Å². The number of fused-ring (bicyclic) bond motifs is 1. The van der Waals surface area contributed by atoms with Gasteiger partial charge in [0.2, 0.25) is 13.1 Å². The van der Waals surface area contributed by atoms with E-state index in [-0.39, 0.29) is 31.1 Å². The molecule has 1 fully saturated rings. The number of carbonyl (C=O) groups is 1. The van der Waals surface area contributed by atoms with Crippen molar-refractivity contribution in [3.05, 3.63) is 35.6 Å². The molecular formula is C25H35NO9. The molecule has 10 heteroatoms. The highest BCUT2D eigenvalue weighted by molar-refractivity contribution is 5.92. The number of nitrogens with zero attached hydrogens (tertiary/aromatic N) is 1. The normalized spacial score (nSPS) is 23.7. The molecule has 1 saturated heterocycles. The minimum atomic E-state index is -0.602. The van der Waals surface area contributed by atoms with Crippen LogP contribution in [0.2, 0.25) is 0 Å². The number of ether oxygens (including phenoxy) is 7. The quantitative estimate of drug-likeness (QED) is 0.435. The van der Waals surface area contributed by atoms with Crippen molar-refractivity contribution in [3.8, 4) is 11.5 Å². The zero-order valence-corrected chi connectivity index (χ0v) is 20.2. The summed E-state index contributed by atoms with van der Waals surface area (Å²) in [6.07, 6.45) is 1.95. The fourth-order valence-corrected chi connectivity index (χ4v) is 4.46. The lowest BCUT2D eigenvalue weighted by atomic mass is 9.81. The van der Waals surface area contributed by atoms with Crippen molar-refractivity contribution in [2.24, 2.45) is 5.92 Å². The number of allylic oxidation sites excluding steroid dienone is 1. The fraction of sp³-hybridized carbons (Fsp3) is 0.640. The molecule has 0 radical (unpaired) electrons.